The Morgan fingerprint density at radius 3 is 2.71 bits per heavy atom. The van der Waals surface area contributed by atoms with Crippen molar-refractivity contribution >= 4 is 29.2 Å². The minimum absolute atomic E-state index is 0.0930. The molecule has 21 heavy (non-hydrogen) atoms. The van der Waals surface area contributed by atoms with Gasteiger partial charge in [-0.3, -0.25) is 10.1 Å². The van der Waals surface area contributed by atoms with E-state index >= 15 is 0 Å². The number of hydrogen-bond donors (Lipinski definition) is 2. The van der Waals surface area contributed by atoms with Gasteiger partial charge in [-0.25, -0.2) is 9.78 Å². The van der Waals surface area contributed by atoms with Gasteiger partial charge in [0.15, 0.2) is 0 Å². The van der Waals surface area contributed by atoms with Crippen LogP contribution in [0.15, 0.2) is 12.3 Å². The summed E-state index contributed by atoms with van der Waals surface area (Å²) in [5.41, 5.74) is -0.798. The molecular formula is C12H17ClN4O4. The molecule has 0 aliphatic rings. The van der Waals surface area contributed by atoms with Crippen LogP contribution in [-0.4, -0.2) is 34.7 Å². The number of ether oxygens (including phenoxy) is 1. The van der Waals surface area contributed by atoms with Gasteiger partial charge < -0.3 is 15.4 Å². The van der Waals surface area contributed by atoms with E-state index < -0.39 is 16.6 Å². The number of nitro groups is 1. The summed E-state index contributed by atoms with van der Waals surface area (Å²) in [6.07, 6.45) is 0.751. The number of rotatable bonds is 5. The van der Waals surface area contributed by atoms with E-state index in [4.69, 9.17) is 16.3 Å². The van der Waals surface area contributed by atoms with Crippen LogP contribution in [0.4, 0.5) is 16.3 Å². The van der Waals surface area contributed by atoms with E-state index in [0.29, 0.717) is 0 Å². The zero-order valence-corrected chi connectivity index (χ0v) is 12.7. The Hall–Kier alpha value is -2.09. The van der Waals surface area contributed by atoms with Crippen molar-refractivity contribution in [1.82, 2.24) is 10.3 Å². The van der Waals surface area contributed by atoms with Crippen molar-refractivity contribution < 1.29 is 14.5 Å². The molecule has 116 valence electrons. The summed E-state index contributed by atoms with van der Waals surface area (Å²) in [5.74, 6) is 0.0930. The van der Waals surface area contributed by atoms with Gasteiger partial charge >= 0.3 is 11.8 Å². The Morgan fingerprint density at radius 2 is 2.14 bits per heavy atom. The van der Waals surface area contributed by atoms with E-state index in [1.54, 1.807) is 20.8 Å². The zero-order chi connectivity index (χ0) is 16.0. The first-order chi connectivity index (χ1) is 9.69. The fourth-order valence-electron chi connectivity index (χ4n) is 1.36. The minimum atomic E-state index is -0.581. The van der Waals surface area contributed by atoms with E-state index in [0.717, 1.165) is 0 Å². The molecular weight excluding hydrogens is 300 g/mol. The normalized spacial score (nSPS) is 10.9. The molecule has 0 atom stereocenters. The molecule has 1 rings (SSSR count). The van der Waals surface area contributed by atoms with Gasteiger partial charge in [-0.2, -0.15) is 0 Å². The van der Waals surface area contributed by atoms with E-state index in [1.165, 1.54) is 12.3 Å². The molecule has 1 amide bonds. The molecule has 0 saturated carbocycles. The summed E-state index contributed by atoms with van der Waals surface area (Å²) in [4.78, 5) is 25.5. The highest BCUT2D eigenvalue weighted by atomic mass is 35.5. The molecule has 1 aromatic rings. The van der Waals surface area contributed by atoms with Crippen molar-refractivity contribution in [3.8, 4) is 0 Å². The highest BCUT2D eigenvalue weighted by Gasteiger charge is 2.17. The minimum Gasteiger partial charge on any atom is -0.444 e. The van der Waals surface area contributed by atoms with Gasteiger partial charge in [0.25, 0.3) is 0 Å². The first-order valence-electron chi connectivity index (χ1n) is 6.20. The van der Waals surface area contributed by atoms with Gasteiger partial charge in [0, 0.05) is 25.4 Å². The lowest BCUT2D eigenvalue weighted by Crippen LogP contribution is -2.35. The maximum absolute atomic E-state index is 11.4. The Balaban J connectivity index is 2.47. The SMILES string of the molecule is CC(C)(C)OC(=O)NCCNc1ncc(Cl)cc1[N+](=O)[O-]. The van der Waals surface area contributed by atoms with Gasteiger partial charge in [0.05, 0.1) is 9.95 Å². The number of nitrogens with zero attached hydrogens (tertiary/aromatic N) is 2. The average molecular weight is 317 g/mol. The summed E-state index contributed by atoms with van der Waals surface area (Å²) < 4.78 is 5.05. The fourth-order valence-corrected chi connectivity index (χ4v) is 1.52. The molecule has 2 N–H and O–H groups in total. The molecule has 0 aromatic carbocycles. The third-order valence-corrected chi connectivity index (χ3v) is 2.32. The van der Waals surface area contributed by atoms with Crippen molar-refractivity contribution in [3.63, 3.8) is 0 Å². The molecule has 1 heterocycles. The number of nitrogens with one attached hydrogen (secondary N) is 2. The van der Waals surface area contributed by atoms with Crippen LogP contribution >= 0.6 is 11.6 Å². The van der Waals surface area contributed by atoms with Crippen LogP contribution in [0.5, 0.6) is 0 Å². The molecule has 0 aliphatic heterocycles. The number of halogens is 1. The molecule has 0 saturated heterocycles. The van der Waals surface area contributed by atoms with Crippen molar-refractivity contribution in [2.24, 2.45) is 0 Å². The van der Waals surface area contributed by atoms with Crippen LogP contribution in [-0.2, 0) is 4.74 Å². The van der Waals surface area contributed by atoms with E-state index in [-0.39, 0.29) is 29.6 Å². The van der Waals surface area contributed by atoms with Crippen LogP contribution < -0.4 is 10.6 Å². The van der Waals surface area contributed by atoms with Gasteiger partial charge in [-0.15, -0.1) is 0 Å². The van der Waals surface area contributed by atoms with Crippen molar-refractivity contribution in [1.29, 1.82) is 0 Å². The lowest BCUT2D eigenvalue weighted by molar-refractivity contribution is -0.384. The molecule has 9 heteroatoms. The van der Waals surface area contributed by atoms with E-state index in [9.17, 15) is 14.9 Å². The average Bonchev–Trinajstić information content (AvgIpc) is 2.33. The molecule has 0 fully saturated rings. The van der Waals surface area contributed by atoms with Crippen molar-refractivity contribution in [3.05, 3.63) is 27.4 Å². The van der Waals surface area contributed by atoms with Crippen molar-refractivity contribution in [2.75, 3.05) is 18.4 Å². The second kappa shape index (κ2) is 7.07. The number of pyridine rings is 1. The summed E-state index contributed by atoms with van der Waals surface area (Å²) in [6, 6.07) is 1.21. The summed E-state index contributed by atoms with van der Waals surface area (Å²) >= 11 is 5.66. The largest absolute Gasteiger partial charge is 0.444 e. The number of carbonyl (C=O) groups is 1. The number of anilines is 1. The Labute approximate surface area is 127 Å². The number of amides is 1. The van der Waals surface area contributed by atoms with Crippen LogP contribution in [0.2, 0.25) is 5.02 Å². The summed E-state index contributed by atoms with van der Waals surface area (Å²) in [6.45, 7) is 5.76. The van der Waals surface area contributed by atoms with Crippen molar-refractivity contribution in [2.45, 2.75) is 26.4 Å². The molecule has 0 radical (unpaired) electrons. The third-order valence-electron chi connectivity index (χ3n) is 2.12. The second-order valence-corrected chi connectivity index (χ2v) is 5.57. The Bertz CT molecular complexity index is 530. The van der Waals surface area contributed by atoms with E-state index in [1.807, 2.05) is 0 Å². The van der Waals surface area contributed by atoms with Crippen LogP contribution in [0, 0.1) is 10.1 Å². The molecule has 0 bridgehead atoms. The fraction of sp³-hybridized carbons (Fsp3) is 0.500. The maximum Gasteiger partial charge on any atom is 0.407 e. The predicted octanol–water partition coefficient (Wildman–Crippen LogP) is 2.58. The number of alkyl carbamates (subject to hydrolysis) is 1. The monoisotopic (exact) mass is 316 g/mol. The summed E-state index contributed by atoms with van der Waals surface area (Å²) in [5, 5.41) is 16.3. The van der Waals surface area contributed by atoms with Gasteiger partial charge in [-0.1, -0.05) is 11.6 Å². The first kappa shape index (κ1) is 17.0. The number of carbonyl (C=O) groups excluding carboxylic acids is 1. The second-order valence-electron chi connectivity index (χ2n) is 5.13. The lowest BCUT2D eigenvalue weighted by Gasteiger charge is -2.19. The molecule has 8 nitrogen and oxygen atoms in total. The quantitative estimate of drug-likeness (QED) is 0.491. The van der Waals surface area contributed by atoms with Crippen LogP contribution in [0.1, 0.15) is 20.8 Å². The van der Waals surface area contributed by atoms with E-state index in [2.05, 4.69) is 15.6 Å². The standard InChI is InChI=1S/C12H17ClN4O4/c1-12(2,3)21-11(18)15-5-4-14-10-9(17(19)20)6-8(13)7-16-10/h6-7H,4-5H2,1-3H3,(H,14,16)(H,15,18). The Morgan fingerprint density at radius 1 is 1.48 bits per heavy atom. The van der Waals surface area contributed by atoms with Gasteiger partial charge in [-0.05, 0) is 20.8 Å². The van der Waals surface area contributed by atoms with Gasteiger partial charge in [0.1, 0.15) is 5.60 Å². The van der Waals surface area contributed by atoms with Crippen LogP contribution in [0.3, 0.4) is 0 Å². The highest BCUT2D eigenvalue weighted by Crippen LogP contribution is 2.24. The Kier molecular flexibility index (Phi) is 5.71. The molecule has 1 aromatic heterocycles. The lowest BCUT2D eigenvalue weighted by atomic mass is 10.2. The first-order valence-corrected chi connectivity index (χ1v) is 6.57. The molecule has 0 unspecified atom stereocenters. The number of aromatic nitrogens is 1. The smallest absolute Gasteiger partial charge is 0.407 e. The molecule has 0 spiro atoms. The highest BCUT2D eigenvalue weighted by molar-refractivity contribution is 6.30. The molecule has 0 aliphatic carbocycles. The third kappa shape index (κ3) is 6.26. The van der Waals surface area contributed by atoms with Gasteiger partial charge in [0.2, 0.25) is 5.82 Å². The number of hydrogen-bond acceptors (Lipinski definition) is 6. The van der Waals surface area contributed by atoms with Crippen LogP contribution in [0.25, 0.3) is 0 Å². The summed E-state index contributed by atoms with van der Waals surface area (Å²) in [7, 11) is 0. The topological polar surface area (TPSA) is 106 Å². The predicted molar refractivity (Wildman–Crippen MR) is 78.6 cm³/mol. The zero-order valence-electron chi connectivity index (χ0n) is 12.0. The maximum atomic E-state index is 11.4.